The summed E-state index contributed by atoms with van der Waals surface area (Å²) < 4.78 is 4.95. The molecule has 0 aliphatic carbocycles. The van der Waals surface area contributed by atoms with Crippen LogP contribution in [0.5, 0.6) is 5.75 Å². The van der Waals surface area contributed by atoms with E-state index >= 15 is 0 Å². The molecule has 0 radical (unpaired) electrons. The van der Waals surface area contributed by atoms with Crippen molar-refractivity contribution in [3.8, 4) is 5.75 Å². The third-order valence-corrected chi connectivity index (χ3v) is 1.88. The van der Waals surface area contributed by atoms with Crippen LogP contribution in [0.4, 0.5) is 0 Å². The fourth-order valence-electron chi connectivity index (χ4n) is 1.14. The summed E-state index contributed by atoms with van der Waals surface area (Å²) in [7, 11) is 0. The van der Waals surface area contributed by atoms with Gasteiger partial charge in [-0.1, -0.05) is 18.2 Å². The zero-order chi connectivity index (χ0) is 12.1. The molecule has 0 heterocycles. The molecule has 1 rings (SSSR count). The predicted molar refractivity (Wildman–Crippen MR) is 59.0 cm³/mol. The minimum atomic E-state index is -1.00. The van der Waals surface area contributed by atoms with E-state index in [1.165, 1.54) is 19.9 Å². The van der Waals surface area contributed by atoms with E-state index in [2.05, 4.69) is 0 Å². The van der Waals surface area contributed by atoms with Crippen molar-refractivity contribution in [1.82, 2.24) is 0 Å². The highest BCUT2D eigenvalue weighted by Gasteiger charge is 2.06. The summed E-state index contributed by atoms with van der Waals surface area (Å²) in [4.78, 5) is 21.5. The lowest BCUT2D eigenvalue weighted by Gasteiger charge is -2.05. The highest BCUT2D eigenvalue weighted by molar-refractivity contribution is 5.92. The molecule has 0 aromatic heterocycles. The Labute approximate surface area is 93.2 Å². The standard InChI is InChI=1S/C12H12O4/c1-8(12(14)15)7-10-5-3-4-6-11(10)16-9(2)13/h3-7H,1-2H3,(H,14,15). The lowest BCUT2D eigenvalue weighted by Crippen LogP contribution is -2.03. The van der Waals surface area contributed by atoms with Gasteiger partial charge in [-0.05, 0) is 19.1 Å². The monoisotopic (exact) mass is 220 g/mol. The van der Waals surface area contributed by atoms with Gasteiger partial charge in [0, 0.05) is 18.1 Å². The largest absolute Gasteiger partial charge is 0.478 e. The van der Waals surface area contributed by atoms with Gasteiger partial charge in [0.1, 0.15) is 5.75 Å². The maximum Gasteiger partial charge on any atom is 0.331 e. The van der Waals surface area contributed by atoms with E-state index in [1.807, 2.05) is 0 Å². The fourth-order valence-corrected chi connectivity index (χ4v) is 1.14. The summed E-state index contributed by atoms with van der Waals surface area (Å²) in [5, 5.41) is 8.74. The van der Waals surface area contributed by atoms with Gasteiger partial charge in [-0.2, -0.15) is 0 Å². The minimum Gasteiger partial charge on any atom is -0.478 e. The molecule has 84 valence electrons. The number of para-hydroxylation sites is 1. The third kappa shape index (κ3) is 3.24. The molecule has 1 aromatic rings. The van der Waals surface area contributed by atoms with E-state index in [-0.39, 0.29) is 5.57 Å². The Morgan fingerprint density at radius 1 is 1.25 bits per heavy atom. The van der Waals surface area contributed by atoms with Crippen molar-refractivity contribution in [2.45, 2.75) is 13.8 Å². The molecular weight excluding hydrogens is 208 g/mol. The first-order chi connectivity index (χ1) is 7.50. The van der Waals surface area contributed by atoms with Gasteiger partial charge in [-0.3, -0.25) is 4.79 Å². The van der Waals surface area contributed by atoms with Crippen molar-refractivity contribution >= 4 is 18.0 Å². The Morgan fingerprint density at radius 2 is 1.88 bits per heavy atom. The summed E-state index contributed by atoms with van der Waals surface area (Å²) in [6, 6.07) is 6.76. The van der Waals surface area contributed by atoms with Crippen LogP contribution in [0.15, 0.2) is 29.8 Å². The van der Waals surface area contributed by atoms with Crippen LogP contribution in [0.3, 0.4) is 0 Å². The van der Waals surface area contributed by atoms with E-state index in [9.17, 15) is 9.59 Å². The molecule has 0 spiro atoms. The molecule has 0 bridgehead atoms. The van der Waals surface area contributed by atoms with Gasteiger partial charge in [0.05, 0.1) is 0 Å². The molecule has 4 nitrogen and oxygen atoms in total. The number of carboxylic acid groups (broad SMARTS) is 1. The minimum absolute atomic E-state index is 0.180. The van der Waals surface area contributed by atoms with Gasteiger partial charge >= 0.3 is 11.9 Å². The third-order valence-electron chi connectivity index (χ3n) is 1.88. The molecule has 0 fully saturated rings. The lowest BCUT2D eigenvalue weighted by molar-refractivity contribution is -0.133. The van der Waals surface area contributed by atoms with Crippen LogP contribution in [0.1, 0.15) is 19.4 Å². The highest BCUT2D eigenvalue weighted by atomic mass is 16.5. The number of rotatable bonds is 3. The van der Waals surface area contributed by atoms with Crippen LogP contribution in [0.2, 0.25) is 0 Å². The molecule has 0 unspecified atom stereocenters. The molecule has 0 atom stereocenters. The predicted octanol–water partition coefficient (Wildman–Crippen LogP) is 2.10. The number of carbonyl (C=O) groups is 2. The van der Waals surface area contributed by atoms with Gasteiger partial charge in [-0.15, -0.1) is 0 Å². The maximum atomic E-state index is 10.8. The molecule has 0 aliphatic heterocycles. The number of aliphatic carboxylic acids is 1. The van der Waals surface area contributed by atoms with Crippen molar-refractivity contribution in [1.29, 1.82) is 0 Å². The average Bonchev–Trinajstić information content (AvgIpc) is 2.20. The van der Waals surface area contributed by atoms with Crippen LogP contribution in [-0.2, 0) is 9.59 Å². The summed E-state index contributed by atoms with van der Waals surface area (Å²) in [6.45, 7) is 2.78. The molecule has 4 heteroatoms. The summed E-state index contributed by atoms with van der Waals surface area (Å²) in [6.07, 6.45) is 1.46. The molecule has 1 aromatic carbocycles. The molecule has 1 N–H and O–H groups in total. The number of carboxylic acids is 1. The summed E-state index contributed by atoms with van der Waals surface area (Å²) >= 11 is 0. The SMILES string of the molecule is CC(=O)Oc1ccccc1C=C(C)C(=O)O. The number of ether oxygens (including phenoxy) is 1. The first-order valence-electron chi connectivity index (χ1n) is 4.69. The second-order valence-corrected chi connectivity index (χ2v) is 3.26. The number of hydrogen-bond acceptors (Lipinski definition) is 3. The van der Waals surface area contributed by atoms with Crippen LogP contribution in [0.25, 0.3) is 6.08 Å². The van der Waals surface area contributed by atoms with Gasteiger partial charge in [0.15, 0.2) is 0 Å². The van der Waals surface area contributed by atoms with Crippen LogP contribution in [-0.4, -0.2) is 17.0 Å². The molecule has 16 heavy (non-hydrogen) atoms. The normalized spacial score (nSPS) is 11.0. The Kier molecular flexibility index (Phi) is 3.83. The fraction of sp³-hybridized carbons (Fsp3) is 0.167. The number of esters is 1. The maximum absolute atomic E-state index is 10.8. The van der Waals surface area contributed by atoms with Crippen LogP contribution in [0, 0.1) is 0 Å². The second-order valence-electron chi connectivity index (χ2n) is 3.26. The van der Waals surface area contributed by atoms with Gasteiger partial charge in [0.2, 0.25) is 0 Å². The Bertz CT molecular complexity index is 446. The van der Waals surface area contributed by atoms with E-state index < -0.39 is 11.9 Å². The number of benzene rings is 1. The zero-order valence-corrected chi connectivity index (χ0v) is 9.06. The highest BCUT2D eigenvalue weighted by Crippen LogP contribution is 2.21. The van der Waals surface area contributed by atoms with Gasteiger partial charge in [0.25, 0.3) is 0 Å². The molecular formula is C12H12O4. The first-order valence-corrected chi connectivity index (χ1v) is 4.69. The zero-order valence-electron chi connectivity index (χ0n) is 9.06. The number of hydrogen-bond donors (Lipinski definition) is 1. The molecule has 0 saturated carbocycles. The average molecular weight is 220 g/mol. The van der Waals surface area contributed by atoms with Crippen LogP contribution < -0.4 is 4.74 Å². The Hall–Kier alpha value is -2.10. The smallest absolute Gasteiger partial charge is 0.331 e. The summed E-state index contributed by atoms with van der Waals surface area (Å²) in [5.41, 5.74) is 0.747. The second kappa shape index (κ2) is 5.11. The topological polar surface area (TPSA) is 63.6 Å². The van der Waals surface area contributed by atoms with Crippen molar-refractivity contribution in [2.24, 2.45) is 0 Å². The van der Waals surface area contributed by atoms with Gasteiger partial charge in [-0.25, -0.2) is 4.79 Å². The quantitative estimate of drug-likeness (QED) is 0.481. The van der Waals surface area contributed by atoms with E-state index in [0.717, 1.165) is 0 Å². The van der Waals surface area contributed by atoms with Crippen molar-refractivity contribution < 1.29 is 19.4 Å². The van der Waals surface area contributed by atoms with E-state index in [4.69, 9.17) is 9.84 Å². The van der Waals surface area contributed by atoms with Gasteiger partial charge < -0.3 is 9.84 Å². The van der Waals surface area contributed by atoms with Crippen molar-refractivity contribution in [3.63, 3.8) is 0 Å². The summed E-state index contributed by atoms with van der Waals surface area (Å²) in [5.74, 6) is -1.08. The van der Waals surface area contributed by atoms with E-state index in [1.54, 1.807) is 24.3 Å². The molecule has 0 amide bonds. The van der Waals surface area contributed by atoms with E-state index in [0.29, 0.717) is 11.3 Å². The van der Waals surface area contributed by atoms with Crippen molar-refractivity contribution in [3.05, 3.63) is 35.4 Å². The molecule has 0 aliphatic rings. The van der Waals surface area contributed by atoms with Crippen LogP contribution >= 0.6 is 0 Å². The Morgan fingerprint density at radius 3 is 2.44 bits per heavy atom. The van der Waals surface area contributed by atoms with Crippen molar-refractivity contribution in [2.75, 3.05) is 0 Å². The number of carbonyl (C=O) groups excluding carboxylic acids is 1. The Balaban J connectivity index is 3.08. The lowest BCUT2D eigenvalue weighted by atomic mass is 10.1. The first kappa shape index (κ1) is 12.0. The molecule has 0 saturated heterocycles.